The molecule has 1 aliphatic heterocycles. The zero-order valence-electron chi connectivity index (χ0n) is 9.24. The van der Waals surface area contributed by atoms with Gasteiger partial charge in [-0.15, -0.1) is 0 Å². The van der Waals surface area contributed by atoms with Crippen molar-refractivity contribution >= 4 is 11.6 Å². The van der Waals surface area contributed by atoms with Crippen molar-refractivity contribution in [1.29, 1.82) is 0 Å². The van der Waals surface area contributed by atoms with Crippen LogP contribution in [0, 0.1) is 0 Å². The van der Waals surface area contributed by atoms with Crippen LogP contribution in [-0.4, -0.2) is 24.8 Å². The molecule has 1 fully saturated rings. The van der Waals surface area contributed by atoms with Gasteiger partial charge in [0.2, 0.25) is 0 Å². The van der Waals surface area contributed by atoms with Gasteiger partial charge in [0.05, 0.1) is 18.2 Å². The molecule has 88 valence electrons. The number of methoxy groups -OCH3 is 1. The van der Waals surface area contributed by atoms with Gasteiger partial charge in [0.25, 0.3) is 0 Å². The molecule has 3 nitrogen and oxygen atoms in total. The van der Waals surface area contributed by atoms with Gasteiger partial charge in [-0.1, -0.05) is 17.7 Å². The van der Waals surface area contributed by atoms with Crippen LogP contribution in [0.4, 0.5) is 0 Å². The zero-order chi connectivity index (χ0) is 11.5. The molecule has 2 N–H and O–H groups in total. The summed E-state index contributed by atoms with van der Waals surface area (Å²) in [6, 6.07) is 5.49. The maximum absolute atomic E-state index is 10.3. The Kier molecular flexibility index (Phi) is 3.69. The average Bonchev–Trinajstić information content (AvgIpc) is 2.81. The molecule has 2 unspecified atom stereocenters. The lowest BCUT2D eigenvalue weighted by molar-refractivity contribution is 0.134. The van der Waals surface area contributed by atoms with Crippen LogP contribution in [0.25, 0.3) is 0 Å². The third kappa shape index (κ3) is 2.17. The molecular weight excluding hydrogens is 226 g/mol. The highest BCUT2D eigenvalue weighted by Gasteiger charge is 2.27. The summed E-state index contributed by atoms with van der Waals surface area (Å²) in [6.45, 7) is 0.953. The van der Waals surface area contributed by atoms with Crippen molar-refractivity contribution in [2.24, 2.45) is 0 Å². The Balaban J connectivity index is 2.30. The fourth-order valence-electron chi connectivity index (χ4n) is 2.16. The molecular formula is C12H16ClNO2. The summed E-state index contributed by atoms with van der Waals surface area (Å²) >= 11 is 6.11. The van der Waals surface area contributed by atoms with E-state index in [-0.39, 0.29) is 6.04 Å². The van der Waals surface area contributed by atoms with Gasteiger partial charge in [0.1, 0.15) is 5.75 Å². The summed E-state index contributed by atoms with van der Waals surface area (Å²) in [5.41, 5.74) is 0.686. The number of nitrogens with one attached hydrogen (secondary N) is 1. The Hall–Kier alpha value is -0.770. The summed E-state index contributed by atoms with van der Waals surface area (Å²) in [5.74, 6) is 0.647. The molecule has 1 saturated heterocycles. The van der Waals surface area contributed by atoms with E-state index in [1.807, 2.05) is 12.1 Å². The SMILES string of the molecule is COc1cccc(Cl)c1C(O)C1CCCN1. The highest BCUT2D eigenvalue weighted by molar-refractivity contribution is 6.31. The number of aliphatic hydroxyl groups excluding tert-OH is 1. The first-order valence-electron chi connectivity index (χ1n) is 5.48. The van der Waals surface area contributed by atoms with Gasteiger partial charge in [-0.05, 0) is 31.5 Å². The van der Waals surface area contributed by atoms with Crippen molar-refractivity contribution in [1.82, 2.24) is 5.32 Å². The number of hydrogen-bond donors (Lipinski definition) is 2. The fraction of sp³-hybridized carbons (Fsp3) is 0.500. The van der Waals surface area contributed by atoms with E-state index in [2.05, 4.69) is 5.32 Å². The summed E-state index contributed by atoms with van der Waals surface area (Å²) in [4.78, 5) is 0. The van der Waals surface area contributed by atoms with Gasteiger partial charge in [-0.2, -0.15) is 0 Å². The summed E-state index contributed by atoms with van der Waals surface area (Å²) in [5, 5.41) is 14.1. The molecule has 1 heterocycles. The van der Waals surface area contributed by atoms with Crippen LogP contribution in [-0.2, 0) is 0 Å². The van der Waals surface area contributed by atoms with E-state index >= 15 is 0 Å². The summed E-state index contributed by atoms with van der Waals surface area (Å²) in [7, 11) is 1.59. The van der Waals surface area contributed by atoms with Gasteiger partial charge in [-0.3, -0.25) is 0 Å². The Morgan fingerprint density at radius 1 is 1.56 bits per heavy atom. The van der Waals surface area contributed by atoms with E-state index in [9.17, 15) is 5.11 Å². The lowest BCUT2D eigenvalue weighted by Gasteiger charge is -2.21. The maximum Gasteiger partial charge on any atom is 0.126 e. The first kappa shape index (κ1) is 11.7. The molecule has 1 aromatic rings. The predicted molar refractivity (Wildman–Crippen MR) is 64.0 cm³/mol. The minimum atomic E-state index is -0.605. The second-order valence-electron chi connectivity index (χ2n) is 4.00. The van der Waals surface area contributed by atoms with E-state index < -0.39 is 6.10 Å². The first-order chi connectivity index (χ1) is 7.74. The fourth-order valence-corrected chi connectivity index (χ4v) is 2.44. The number of aliphatic hydroxyl groups is 1. The Morgan fingerprint density at radius 3 is 3.00 bits per heavy atom. The standard InChI is InChI=1S/C12H16ClNO2/c1-16-10-6-2-4-8(13)11(10)12(15)9-5-3-7-14-9/h2,4,6,9,12,14-15H,3,5,7H2,1H3. The second-order valence-corrected chi connectivity index (χ2v) is 4.41. The molecule has 0 bridgehead atoms. The molecule has 0 radical (unpaired) electrons. The van der Waals surface area contributed by atoms with Crippen molar-refractivity contribution in [3.63, 3.8) is 0 Å². The molecule has 0 saturated carbocycles. The van der Waals surface area contributed by atoms with Crippen LogP contribution in [0.5, 0.6) is 5.75 Å². The van der Waals surface area contributed by atoms with Gasteiger partial charge >= 0.3 is 0 Å². The molecule has 0 aliphatic carbocycles. The first-order valence-corrected chi connectivity index (χ1v) is 5.85. The molecule has 2 rings (SSSR count). The van der Waals surface area contributed by atoms with Crippen molar-refractivity contribution < 1.29 is 9.84 Å². The Morgan fingerprint density at radius 2 is 2.38 bits per heavy atom. The summed E-state index contributed by atoms with van der Waals surface area (Å²) < 4.78 is 5.23. The molecule has 1 aromatic carbocycles. The average molecular weight is 242 g/mol. The molecule has 4 heteroatoms. The monoisotopic (exact) mass is 241 g/mol. The normalized spacial score (nSPS) is 22.1. The van der Waals surface area contributed by atoms with E-state index in [4.69, 9.17) is 16.3 Å². The Bertz CT molecular complexity index is 364. The van der Waals surface area contributed by atoms with Gasteiger partial charge in [0, 0.05) is 11.6 Å². The minimum Gasteiger partial charge on any atom is -0.496 e. The van der Waals surface area contributed by atoms with Crippen molar-refractivity contribution in [3.8, 4) is 5.75 Å². The predicted octanol–water partition coefficient (Wildman–Crippen LogP) is 2.13. The number of ether oxygens (including phenoxy) is 1. The van der Waals surface area contributed by atoms with Crippen LogP contribution >= 0.6 is 11.6 Å². The van der Waals surface area contributed by atoms with E-state index in [0.717, 1.165) is 19.4 Å². The summed E-state index contributed by atoms with van der Waals surface area (Å²) in [6.07, 6.45) is 1.45. The lowest BCUT2D eigenvalue weighted by Crippen LogP contribution is -2.29. The van der Waals surface area contributed by atoms with Crippen molar-refractivity contribution in [2.45, 2.75) is 25.0 Å². The highest BCUT2D eigenvalue weighted by atomic mass is 35.5. The zero-order valence-corrected chi connectivity index (χ0v) is 10.00. The number of benzene rings is 1. The quantitative estimate of drug-likeness (QED) is 0.852. The third-order valence-corrected chi connectivity index (χ3v) is 3.34. The minimum absolute atomic E-state index is 0.0776. The number of halogens is 1. The largest absolute Gasteiger partial charge is 0.496 e. The maximum atomic E-state index is 10.3. The smallest absolute Gasteiger partial charge is 0.126 e. The molecule has 0 spiro atoms. The highest BCUT2D eigenvalue weighted by Crippen LogP contribution is 2.35. The van der Waals surface area contributed by atoms with Crippen LogP contribution in [0.15, 0.2) is 18.2 Å². The van der Waals surface area contributed by atoms with Crippen LogP contribution in [0.1, 0.15) is 24.5 Å². The van der Waals surface area contributed by atoms with Crippen LogP contribution in [0.2, 0.25) is 5.02 Å². The number of rotatable bonds is 3. The van der Waals surface area contributed by atoms with Gasteiger partial charge in [-0.25, -0.2) is 0 Å². The van der Waals surface area contributed by atoms with Gasteiger partial charge < -0.3 is 15.2 Å². The molecule has 0 aromatic heterocycles. The van der Waals surface area contributed by atoms with Gasteiger partial charge in [0.15, 0.2) is 0 Å². The van der Waals surface area contributed by atoms with Crippen molar-refractivity contribution in [3.05, 3.63) is 28.8 Å². The van der Waals surface area contributed by atoms with Crippen LogP contribution < -0.4 is 10.1 Å². The molecule has 1 aliphatic rings. The Labute approximate surface area is 100 Å². The lowest BCUT2D eigenvalue weighted by atomic mass is 10.00. The second kappa shape index (κ2) is 5.04. The van der Waals surface area contributed by atoms with E-state index in [1.54, 1.807) is 13.2 Å². The molecule has 0 amide bonds. The van der Waals surface area contributed by atoms with E-state index in [0.29, 0.717) is 16.3 Å². The molecule has 16 heavy (non-hydrogen) atoms. The topological polar surface area (TPSA) is 41.5 Å². The van der Waals surface area contributed by atoms with Crippen molar-refractivity contribution in [2.75, 3.05) is 13.7 Å². The molecule has 2 atom stereocenters. The van der Waals surface area contributed by atoms with E-state index in [1.165, 1.54) is 0 Å². The number of hydrogen-bond acceptors (Lipinski definition) is 3. The van der Waals surface area contributed by atoms with Crippen LogP contribution in [0.3, 0.4) is 0 Å². The third-order valence-electron chi connectivity index (χ3n) is 3.01.